The highest BCUT2D eigenvalue weighted by atomic mass is 79.9. The molecule has 1 atom stereocenters. The molecule has 5 heteroatoms. The van der Waals surface area contributed by atoms with Gasteiger partial charge < -0.3 is 14.7 Å². The predicted molar refractivity (Wildman–Crippen MR) is 121 cm³/mol. The molecular formula is C24H31BrFNO2. The van der Waals surface area contributed by atoms with Crippen molar-refractivity contribution in [3.8, 4) is 5.75 Å². The van der Waals surface area contributed by atoms with E-state index in [4.69, 9.17) is 4.74 Å². The Balaban J connectivity index is 1.82. The number of unbranched alkanes of at least 4 members (excludes halogenated alkanes) is 3. The van der Waals surface area contributed by atoms with Gasteiger partial charge in [0.25, 0.3) is 0 Å². The van der Waals surface area contributed by atoms with Crippen molar-refractivity contribution in [2.45, 2.75) is 38.2 Å². The zero-order chi connectivity index (χ0) is 21.3. The molecule has 1 unspecified atom stereocenters. The van der Waals surface area contributed by atoms with Gasteiger partial charge in [0.1, 0.15) is 17.2 Å². The van der Waals surface area contributed by atoms with Crippen LogP contribution in [-0.4, -0.2) is 36.8 Å². The van der Waals surface area contributed by atoms with Crippen LogP contribution >= 0.6 is 15.9 Å². The summed E-state index contributed by atoms with van der Waals surface area (Å²) in [7, 11) is 2.09. The summed E-state index contributed by atoms with van der Waals surface area (Å²) in [5.41, 5.74) is -0.551. The predicted octanol–water partition coefficient (Wildman–Crippen LogP) is 5.90. The molecule has 0 saturated heterocycles. The molecule has 158 valence electrons. The first-order chi connectivity index (χ1) is 13.8. The number of ether oxygens (including phenoxy) is 1. The third kappa shape index (κ3) is 7.25. The smallest absolute Gasteiger partial charge is 0.133 e. The maximum Gasteiger partial charge on any atom is 0.133 e. The summed E-state index contributed by atoms with van der Waals surface area (Å²) in [6.07, 6.45) is 6.23. The van der Waals surface area contributed by atoms with E-state index in [9.17, 15) is 9.50 Å². The van der Waals surface area contributed by atoms with Crippen LogP contribution in [0, 0.1) is 5.82 Å². The summed E-state index contributed by atoms with van der Waals surface area (Å²) in [6, 6.07) is 11.9. The van der Waals surface area contributed by atoms with Crippen LogP contribution in [0.25, 0.3) is 0 Å². The van der Waals surface area contributed by atoms with Crippen LogP contribution in [-0.2, 0) is 5.60 Å². The quantitative estimate of drug-likeness (QED) is 0.314. The van der Waals surface area contributed by atoms with Crippen molar-refractivity contribution in [3.05, 3.63) is 76.5 Å². The maximum atomic E-state index is 14.7. The summed E-state index contributed by atoms with van der Waals surface area (Å²) in [4.78, 5) is 2.25. The summed E-state index contributed by atoms with van der Waals surface area (Å²) < 4.78 is 21.3. The summed E-state index contributed by atoms with van der Waals surface area (Å²) >= 11 is 3.37. The van der Waals surface area contributed by atoms with E-state index in [0.717, 1.165) is 43.2 Å². The summed E-state index contributed by atoms with van der Waals surface area (Å²) in [6.45, 7) is 7.88. The lowest BCUT2D eigenvalue weighted by Crippen LogP contribution is -2.24. The highest BCUT2D eigenvalue weighted by Crippen LogP contribution is 2.33. The van der Waals surface area contributed by atoms with Gasteiger partial charge in [0.05, 0.1) is 6.61 Å². The van der Waals surface area contributed by atoms with Crippen molar-refractivity contribution in [1.29, 1.82) is 0 Å². The average molecular weight is 464 g/mol. The number of rotatable bonds is 12. The molecule has 2 aromatic rings. The van der Waals surface area contributed by atoms with E-state index in [0.29, 0.717) is 17.9 Å². The molecule has 0 heterocycles. The van der Waals surface area contributed by atoms with Crippen molar-refractivity contribution in [2.24, 2.45) is 0 Å². The Kier molecular flexibility index (Phi) is 9.34. The monoisotopic (exact) mass is 463 g/mol. The first-order valence-corrected chi connectivity index (χ1v) is 10.8. The lowest BCUT2D eigenvalue weighted by atomic mass is 9.88. The number of hydrogen-bond donors (Lipinski definition) is 1. The van der Waals surface area contributed by atoms with E-state index in [2.05, 4.69) is 34.5 Å². The van der Waals surface area contributed by atoms with Crippen LogP contribution in [0.1, 0.15) is 43.7 Å². The van der Waals surface area contributed by atoms with Crippen LogP contribution < -0.4 is 4.74 Å². The molecule has 2 rings (SSSR count). The highest BCUT2D eigenvalue weighted by molar-refractivity contribution is 9.10. The van der Waals surface area contributed by atoms with Gasteiger partial charge in [-0.25, -0.2) is 4.39 Å². The Labute approximate surface area is 182 Å². The molecule has 0 aliphatic heterocycles. The number of hydrogen-bond acceptors (Lipinski definition) is 3. The zero-order valence-corrected chi connectivity index (χ0v) is 18.9. The second kappa shape index (κ2) is 11.5. The third-order valence-electron chi connectivity index (χ3n) is 5.02. The van der Waals surface area contributed by atoms with Gasteiger partial charge >= 0.3 is 0 Å². The van der Waals surface area contributed by atoms with E-state index < -0.39 is 11.4 Å². The van der Waals surface area contributed by atoms with E-state index >= 15 is 0 Å². The maximum absolute atomic E-state index is 14.7. The molecular weight excluding hydrogens is 433 g/mol. The fourth-order valence-corrected chi connectivity index (χ4v) is 3.51. The van der Waals surface area contributed by atoms with Crippen molar-refractivity contribution in [1.82, 2.24) is 4.90 Å². The topological polar surface area (TPSA) is 32.7 Å². The van der Waals surface area contributed by atoms with Gasteiger partial charge in [0.15, 0.2) is 0 Å². The minimum atomic E-state index is -1.41. The highest BCUT2D eigenvalue weighted by Gasteiger charge is 2.29. The van der Waals surface area contributed by atoms with E-state index in [1.807, 2.05) is 18.2 Å². The van der Waals surface area contributed by atoms with E-state index in [-0.39, 0.29) is 5.56 Å². The van der Waals surface area contributed by atoms with Gasteiger partial charge in [-0.3, -0.25) is 0 Å². The van der Waals surface area contributed by atoms with Crippen molar-refractivity contribution in [2.75, 3.05) is 26.7 Å². The molecule has 0 spiro atoms. The standard InChI is InChI=1S/C24H31BrFNO2/c1-4-15-27(3)16-7-5-6-8-17-29-21-13-14-22(23(26)18-21)24(2,28)19-9-11-20(25)12-10-19/h4,9-14,18,28H,1,5-8,15-17H2,2-3H3. The second-order valence-corrected chi connectivity index (χ2v) is 8.45. The molecule has 0 aromatic heterocycles. The molecule has 0 saturated carbocycles. The van der Waals surface area contributed by atoms with Crippen molar-refractivity contribution in [3.63, 3.8) is 0 Å². The van der Waals surface area contributed by atoms with Crippen LogP contribution in [0.3, 0.4) is 0 Å². The Morgan fingerprint density at radius 2 is 1.83 bits per heavy atom. The van der Waals surface area contributed by atoms with Crippen LogP contribution in [0.2, 0.25) is 0 Å². The number of nitrogens with zero attached hydrogens (tertiary/aromatic N) is 1. The molecule has 1 N–H and O–H groups in total. The van der Waals surface area contributed by atoms with Gasteiger partial charge in [-0.2, -0.15) is 0 Å². The van der Waals surface area contributed by atoms with Crippen LogP contribution in [0.15, 0.2) is 59.6 Å². The number of benzene rings is 2. The molecule has 0 radical (unpaired) electrons. The second-order valence-electron chi connectivity index (χ2n) is 7.53. The Morgan fingerprint density at radius 3 is 2.48 bits per heavy atom. The van der Waals surface area contributed by atoms with E-state index in [1.54, 1.807) is 31.2 Å². The largest absolute Gasteiger partial charge is 0.493 e. The van der Waals surface area contributed by atoms with E-state index in [1.165, 1.54) is 6.07 Å². The van der Waals surface area contributed by atoms with Crippen LogP contribution in [0.4, 0.5) is 4.39 Å². The minimum absolute atomic E-state index is 0.232. The molecule has 29 heavy (non-hydrogen) atoms. The Morgan fingerprint density at radius 1 is 1.14 bits per heavy atom. The lowest BCUT2D eigenvalue weighted by Gasteiger charge is -2.25. The third-order valence-corrected chi connectivity index (χ3v) is 5.54. The molecule has 2 aromatic carbocycles. The fraction of sp³-hybridized carbons (Fsp3) is 0.417. The van der Waals surface area contributed by atoms with Crippen LogP contribution in [0.5, 0.6) is 5.75 Å². The molecule has 0 bridgehead atoms. The van der Waals surface area contributed by atoms with Gasteiger partial charge in [0.2, 0.25) is 0 Å². The number of aliphatic hydroxyl groups is 1. The van der Waals surface area contributed by atoms with Gasteiger partial charge in [0, 0.05) is 22.6 Å². The lowest BCUT2D eigenvalue weighted by molar-refractivity contribution is 0.0978. The molecule has 0 fully saturated rings. The summed E-state index contributed by atoms with van der Waals surface area (Å²) in [5.74, 6) is 0.0178. The van der Waals surface area contributed by atoms with Crippen molar-refractivity contribution < 1.29 is 14.2 Å². The molecule has 0 aliphatic rings. The Bertz CT molecular complexity index is 777. The fourth-order valence-electron chi connectivity index (χ4n) is 3.25. The summed E-state index contributed by atoms with van der Waals surface area (Å²) in [5, 5.41) is 10.9. The average Bonchev–Trinajstić information content (AvgIpc) is 2.67. The van der Waals surface area contributed by atoms with Gasteiger partial charge in [-0.1, -0.05) is 47.0 Å². The molecule has 0 aliphatic carbocycles. The van der Waals surface area contributed by atoms with Gasteiger partial charge in [-0.15, -0.1) is 6.58 Å². The molecule has 0 amide bonds. The Hall–Kier alpha value is -1.69. The normalized spacial score (nSPS) is 13.3. The first kappa shape index (κ1) is 23.6. The van der Waals surface area contributed by atoms with Crippen molar-refractivity contribution >= 4 is 15.9 Å². The number of halogens is 2. The molecule has 3 nitrogen and oxygen atoms in total. The zero-order valence-electron chi connectivity index (χ0n) is 17.3. The first-order valence-electron chi connectivity index (χ1n) is 10.0. The SMILES string of the molecule is C=CCN(C)CCCCCCOc1ccc(C(C)(O)c2ccc(Br)cc2)c(F)c1. The minimum Gasteiger partial charge on any atom is -0.493 e. The number of likely N-dealkylation sites (N-methyl/N-ethyl adjacent to an activating group) is 1. The van der Waals surface area contributed by atoms with Gasteiger partial charge in [-0.05, 0) is 63.2 Å².